The third-order valence-electron chi connectivity index (χ3n) is 3.87. The van der Waals surface area contributed by atoms with Crippen molar-refractivity contribution in [2.24, 2.45) is 0 Å². The van der Waals surface area contributed by atoms with E-state index in [0.29, 0.717) is 23.6 Å². The Labute approximate surface area is 146 Å². The molecular weight excluding hydrogens is 318 g/mol. The first-order chi connectivity index (χ1) is 12.2. The molecule has 0 aliphatic heterocycles. The summed E-state index contributed by atoms with van der Waals surface area (Å²) >= 11 is 0. The van der Waals surface area contributed by atoms with Crippen LogP contribution in [0.1, 0.15) is 15.9 Å². The van der Waals surface area contributed by atoms with Gasteiger partial charge in [-0.15, -0.1) is 0 Å². The van der Waals surface area contributed by atoms with E-state index in [-0.39, 0.29) is 5.91 Å². The van der Waals surface area contributed by atoms with Gasteiger partial charge in [-0.1, -0.05) is 24.3 Å². The summed E-state index contributed by atoms with van der Waals surface area (Å²) in [5.74, 6) is 0.689. The molecule has 0 radical (unpaired) electrons. The summed E-state index contributed by atoms with van der Waals surface area (Å²) < 4.78 is 12.5. The number of carbonyl (C=O) groups is 1. The number of benzene rings is 2. The molecule has 0 aliphatic rings. The molecule has 1 amide bonds. The lowest BCUT2D eigenvalue weighted by atomic mass is 10.1. The van der Waals surface area contributed by atoms with Gasteiger partial charge in [0, 0.05) is 18.9 Å². The minimum atomic E-state index is -0.255. The summed E-state index contributed by atoms with van der Waals surface area (Å²) in [7, 11) is 3.06. The van der Waals surface area contributed by atoms with E-state index in [0.717, 1.165) is 11.3 Å². The highest BCUT2D eigenvalue weighted by atomic mass is 16.5. The summed E-state index contributed by atoms with van der Waals surface area (Å²) in [6, 6.07) is 13.1. The van der Waals surface area contributed by atoms with Crippen molar-refractivity contribution in [3.63, 3.8) is 0 Å². The zero-order valence-electron chi connectivity index (χ0n) is 14.1. The largest absolute Gasteiger partial charge is 0.496 e. The topological polar surface area (TPSA) is 65.4 Å². The molecule has 0 unspecified atom stereocenters. The predicted molar refractivity (Wildman–Crippen MR) is 94.3 cm³/mol. The Hall–Kier alpha value is -3.28. The lowest BCUT2D eigenvalue weighted by Crippen LogP contribution is -2.24. The van der Waals surface area contributed by atoms with E-state index >= 15 is 0 Å². The number of nitrogens with one attached hydrogen (secondary N) is 1. The molecule has 0 spiro atoms. The molecule has 3 rings (SSSR count). The zero-order chi connectivity index (χ0) is 17.6. The van der Waals surface area contributed by atoms with Crippen LogP contribution in [0.15, 0.2) is 61.2 Å². The van der Waals surface area contributed by atoms with E-state index in [2.05, 4.69) is 10.3 Å². The Morgan fingerprint density at radius 3 is 2.44 bits per heavy atom. The predicted octanol–water partition coefficient (Wildman–Crippen LogP) is 2.82. The number of aromatic nitrogens is 2. The monoisotopic (exact) mass is 337 g/mol. The van der Waals surface area contributed by atoms with E-state index in [4.69, 9.17) is 9.47 Å². The highest BCUT2D eigenvalue weighted by molar-refractivity contribution is 5.99. The van der Waals surface area contributed by atoms with Crippen LogP contribution in [-0.2, 0) is 6.54 Å². The van der Waals surface area contributed by atoms with Crippen LogP contribution in [0.2, 0.25) is 0 Å². The van der Waals surface area contributed by atoms with Crippen LogP contribution >= 0.6 is 0 Å². The maximum Gasteiger partial charge on any atom is 0.259 e. The minimum absolute atomic E-state index is 0.255. The molecule has 6 heteroatoms. The van der Waals surface area contributed by atoms with Gasteiger partial charge in [0.1, 0.15) is 17.1 Å². The summed E-state index contributed by atoms with van der Waals surface area (Å²) in [6.45, 7) is 0.369. The van der Waals surface area contributed by atoms with Gasteiger partial charge in [-0.25, -0.2) is 4.98 Å². The van der Waals surface area contributed by atoms with Crippen molar-refractivity contribution in [2.75, 3.05) is 14.2 Å². The van der Waals surface area contributed by atoms with Crippen LogP contribution < -0.4 is 14.8 Å². The highest BCUT2D eigenvalue weighted by Crippen LogP contribution is 2.28. The van der Waals surface area contributed by atoms with Crippen molar-refractivity contribution in [1.29, 1.82) is 0 Å². The molecule has 0 fully saturated rings. The van der Waals surface area contributed by atoms with Crippen LogP contribution in [0, 0.1) is 0 Å². The second-order valence-electron chi connectivity index (χ2n) is 5.32. The second-order valence-corrected chi connectivity index (χ2v) is 5.32. The SMILES string of the molecule is COc1cccc(OC)c1C(=O)NCc1ccccc1-n1ccnc1. The maximum atomic E-state index is 12.7. The summed E-state index contributed by atoms with van der Waals surface area (Å²) in [5, 5.41) is 2.93. The maximum absolute atomic E-state index is 12.7. The number of nitrogens with zero attached hydrogens (tertiary/aromatic N) is 2. The second kappa shape index (κ2) is 7.53. The number of carbonyl (C=O) groups excluding carboxylic acids is 1. The van der Waals surface area contributed by atoms with Crippen LogP contribution in [0.5, 0.6) is 11.5 Å². The minimum Gasteiger partial charge on any atom is -0.496 e. The molecule has 3 aromatic rings. The molecule has 128 valence electrons. The van der Waals surface area contributed by atoms with Crippen molar-refractivity contribution < 1.29 is 14.3 Å². The van der Waals surface area contributed by atoms with Crippen LogP contribution in [0.25, 0.3) is 5.69 Å². The molecule has 25 heavy (non-hydrogen) atoms. The third kappa shape index (κ3) is 3.47. The number of methoxy groups -OCH3 is 2. The van der Waals surface area contributed by atoms with E-state index in [1.807, 2.05) is 35.0 Å². The number of ether oxygens (including phenoxy) is 2. The van der Waals surface area contributed by atoms with Gasteiger partial charge in [0.25, 0.3) is 5.91 Å². The Bertz CT molecular complexity index is 838. The average molecular weight is 337 g/mol. The summed E-state index contributed by atoms with van der Waals surface area (Å²) in [4.78, 5) is 16.8. The van der Waals surface area contributed by atoms with Crippen LogP contribution in [-0.4, -0.2) is 29.7 Å². The Morgan fingerprint density at radius 2 is 1.80 bits per heavy atom. The first kappa shape index (κ1) is 16.6. The number of hydrogen-bond acceptors (Lipinski definition) is 4. The van der Waals surface area contributed by atoms with Crippen LogP contribution in [0.4, 0.5) is 0 Å². The first-order valence-electron chi connectivity index (χ1n) is 7.80. The number of hydrogen-bond donors (Lipinski definition) is 1. The smallest absolute Gasteiger partial charge is 0.259 e. The van der Waals surface area contributed by atoms with E-state index in [1.54, 1.807) is 30.7 Å². The molecule has 1 heterocycles. The number of imidazole rings is 1. The normalized spacial score (nSPS) is 10.3. The van der Waals surface area contributed by atoms with Gasteiger partial charge >= 0.3 is 0 Å². The number of amides is 1. The standard InChI is InChI=1S/C19H19N3O3/c1-24-16-8-5-9-17(25-2)18(16)19(23)21-12-14-6-3-4-7-15(14)22-11-10-20-13-22/h3-11,13H,12H2,1-2H3,(H,21,23). The van der Waals surface area contributed by atoms with Crippen molar-refractivity contribution >= 4 is 5.91 Å². The van der Waals surface area contributed by atoms with Gasteiger partial charge in [0.2, 0.25) is 0 Å². The summed E-state index contributed by atoms with van der Waals surface area (Å²) in [6.07, 6.45) is 5.31. The fourth-order valence-corrected chi connectivity index (χ4v) is 2.65. The molecule has 0 saturated heterocycles. The van der Waals surface area contributed by atoms with E-state index in [1.165, 1.54) is 14.2 Å². The molecule has 0 aliphatic carbocycles. The van der Waals surface area contributed by atoms with Gasteiger partial charge in [-0.05, 0) is 23.8 Å². The van der Waals surface area contributed by atoms with Gasteiger partial charge in [-0.2, -0.15) is 0 Å². The molecular formula is C19H19N3O3. The molecule has 0 saturated carbocycles. The van der Waals surface area contributed by atoms with E-state index in [9.17, 15) is 4.79 Å². The van der Waals surface area contributed by atoms with Gasteiger partial charge in [0.05, 0.1) is 26.2 Å². The van der Waals surface area contributed by atoms with Gasteiger partial charge in [0.15, 0.2) is 0 Å². The molecule has 2 aromatic carbocycles. The lowest BCUT2D eigenvalue weighted by molar-refractivity contribution is 0.0944. The van der Waals surface area contributed by atoms with Gasteiger partial charge in [-0.3, -0.25) is 4.79 Å². The van der Waals surface area contributed by atoms with Gasteiger partial charge < -0.3 is 19.4 Å². The Balaban J connectivity index is 1.83. The molecule has 0 atom stereocenters. The van der Waals surface area contributed by atoms with Crippen molar-refractivity contribution in [3.05, 3.63) is 72.3 Å². The highest BCUT2D eigenvalue weighted by Gasteiger charge is 2.18. The van der Waals surface area contributed by atoms with Crippen molar-refractivity contribution in [1.82, 2.24) is 14.9 Å². The average Bonchev–Trinajstić information content (AvgIpc) is 3.20. The Kier molecular flexibility index (Phi) is 4.99. The van der Waals surface area contributed by atoms with Crippen molar-refractivity contribution in [2.45, 2.75) is 6.54 Å². The molecule has 6 nitrogen and oxygen atoms in total. The first-order valence-corrected chi connectivity index (χ1v) is 7.80. The zero-order valence-corrected chi connectivity index (χ0v) is 14.1. The molecule has 0 bridgehead atoms. The van der Waals surface area contributed by atoms with Crippen molar-refractivity contribution in [3.8, 4) is 17.2 Å². The molecule has 1 N–H and O–H groups in total. The Morgan fingerprint density at radius 1 is 1.08 bits per heavy atom. The quantitative estimate of drug-likeness (QED) is 0.751. The van der Waals surface area contributed by atoms with E-state index < -0.39 is 0 Å². The lowest BCUT2D eigenvalue weighted by Gasteiger charge is -2.14. The third-order valence-corrected chi connectivity index (χ3v) is 3.87. The fraction of sp³-hybridized carbons (Fsp3) is 0.158. The number of para-hydroxylation sites is 1. The summed E-state index contributed by atoms with van der Waals surface area (Å²) in [5.41, 5.74) is 2.32. The fourth-order valence-electron chi connectivity index (χ4n) is 2.65. The van der Waals surface area contributed by atoms with Crippen LogP contribution in [0.3, 0.4) is 0 Å². The molecule has 1 aromatic heterocycles. The number of rotatable bonds is 6.